The van der Waals surface area contributed by atoms with Crippen LogP contribution < -0.4 is 4.72 Å². The van der Waals surface area contributed by atoms with E-state index in [1.807, 2.05) is 51.1 Å². The van der Waals surface area contributed by atoms with E-state index in [1.165, 1.54) is 18.4 Å². The summed E-state index contributed by atoms with van der Waals surface area (Å²) in [5.41, 5.74) is 2.70. The van der Waals surface area contributed by atoms with Crippen molar-refractivity contribution in [2.45, 2.75) is 69.7 Å². The van der Waals surface area contributed by atoms with E-state index in [4.69, 9.17) is 0 Å². The van der Waals surface area contributed by atoms with Gasteiger partial charge in [0, 0.05) is 18.2 Å². The Bertz CT molecular complexity index is 922. The van der Waals surface area contributed by atoms with E-state index in [0.29, 0.717) is 18.8 Å². The standard InChI is InChI=1S/C22H31N3O2S/c1-22(2,3)21-20(17-25(24-21)16-19-12-8-5-9-13-19)28(26,27)23-15-14-18-10-6-4-7-11-18/h5,8-10,12-13,17,23H,4,6-7,11,14-16H2,1-3H3. The van der Waals surface area contributed by atoms with Gasteiger partial charge in [0.25, 0.3) is 0 Å². The van der Waals surface area contributed by atoms with Crippen molar-refractivity contribution in [3.8, 4) is 0 Å². The van der Waals surface area contributed by atoms with Crippen LogP contribution in [0.2, 0.25) is 0 Å². The van der Waals surface area contributed by atoms with Crippen LogP contribution >= 0.6 is 0 Å². The largest absolute Gasteiger partial charge is 0.267 e. The summed E-state index contributed by atoms with van der Waals surface area (Å²) in [6.07, 6.45) is 9.35. The summed E-state index contributed by atoms with van der Waals surface area (Å²) in [4.78, 5) is 0.286. The number of hydrogen-bond donors (Lipinski definition) is 1. The minimum Gasteiger partial charge on any atom is -0.267 e. The van der Waals surface area contributed by atoms with Crippen LogP contribution in [-0.4, -0.2) is 24.7 Å². The molecule has 2 aromatic rings. The number of benzene rings is 1. The fourth-order valence-corrected chi connectivity index (χ4v) is 4.91. The first-order valence-electron chi connectivity index (χ1n) is 10.1. The number of nitrogens with one attached hydrogen (secondary N) is 1. The van der Waals surface area contributed by atoms with Crippen molar-refractivity contribution in [1.82, 2.24) is 14.5 Å². The molecule has 1 aliphatic carbocycles. The summed E-state index contributed by atoms with van der Waals surface area (Å²) < 4.78 is 30.6. The second kappa shape index (κ2) is 8.62. The second-order valence-corrected chi connectivity index (χ2v) is 10.3. The fraction of sp³-hybridized carbons (Fsp3) is 0.500. The summed E-state index contributed by atoms with van der Waals surface area (Å²) >= 11 is 0. The van der Waals surface area contributed by atoms with Gasteiger partial charge in [-0.25, -0.2) is 13.1 Å². The monoisotopic (exact) mass is 401 g/mol. The topological polar surface area (TPSA) is 64.0 Å². The quantitative estimate of drug-likeness (QED) is 0.700. The van der Waals surface area contributed by atoms with Crippen molar-refractivity contribution in [1.29, 1.82) is 0 Å². The highest BCUT2D eigenvalue weighted by Gasteiger charge is 2.29. The summed E-state index contributed by atoms with van der Waals surface area (Å²) in [6, 6.07) is 9.95. The van der Waals surface area contributed by atoms with E-state index >= 15 is 0 Å². The molecule has 28 heavy (non-hydrogen) atoms. The Balaban J connectivity index is 1.78. The molecule has 1 aromatic carbocycles. The van der Waals surface area contributed by atoms with Gasteiger partial charge in [0.05, 0.1) is 12.2 Å². The first-order valence-corrected chi connectivity index (χ1v) is 11.5. The van der Waals surface area contributed by atoms with Gasteiger partial charge in [0.15, 0.2) is 0 Å². The molecule has 1 heterocycles. The average molecular weight is 402 g/mol. The molecule has 0 radical (unpaired) electrons. The molecule has 1 aliphatic rings. The van der Waals surface area contributed by atoms with E-state index < -0.39 is 10.0 Å². The molecule has 5 nitrogen and oxygen atoms in total. The molecule has 6 heteroatoms. The lowest BCUT2D eigenvalue weighted by molar-refractivity contribution is 0.531. The predicted octanol–water partition coefficient (Wildman–Crippen LogP) is 4.40. The molecule has 0 aliphatic heterocycles. The zero-order valence-electron chi connectivity index (χ0n) is 17.1. The Morgan fingerprint density at radius 1 is 1.14 bits per heavy atom. The van der Waals surface area contributed by atoms with Crippen LogP contribution in [0.3, 0.4) is 0 Å². The molecule has 0 atom stereocenters. The van der Waals surface area contributed by atoms with Crippen LogP contribution in [0.4, 0.5) is 0 Å². The van der Waals surface area contributed by atoms with Crippen LogP contribution in [-0.2, 0) is 22.0 Å². The molecular weight excluding hydrogens is 370 g/mol. The van der Waals surface area contributed by atoms with Crippen LogP contribution in [0.5, 0.6) is 0 Å². The van der Waals surface area contributed by atoms with Crippen LogP contribution in [0.25, 0.3) is 0 Å². The summed E-state index contributed by atoms with van der Waals surface area (Å²) in [5.74, 6) is 0. The summed E-state index contributed by atoms with van der Waals surface area (Å²) in [6.45, 7) is 6.96. The van der Waals surface area contributed by atoms with Gasteiger partial charge in [0.2, 0.25) is 10.0 Å². The maximum atomic E-state index is 13.0. The third kappa shape index (κ3) is 5.32. The molecule has 0 bridgehead atoms. The highest BCUT2D eigenvalue weighted by molar-refractivity contribution is 7.89. The van der Waals surface area contributed by atoms with Gasteiger partial charge < -0.3 is 0 Å². The molecule has 0 saturated carbocycles. The van der Waals surface area contributed by atoms with Gasteiger partial charge in [-0.2, -0.15) is 5.10 Å². The molecule has 1 aromatic heterocycles. The minimum atomic E-state index is -3.61. The van der Waals surface area contributed by atoms with Crippen molar-refractivity contribution in [3.05, 3.63) is 59.4 Å². The molecule has 0 fully saturated rings. The molecule has 0 amide bonds. The van der Waals surface area contributed by atoms with Gasteiger partial charge >= 0.3 is 0 Å². The van der Waals surface area contributed by atoms with E-state index in [1.54, 1.807) is 10.9 Å². The number of hydrogen-bond acceptors (Lipinski definition) is 3. The Kier molecular flexibility index (Phi) is 6.40. The van der Waals surface area contributed by atoms with Gasteiger partial charge in [-0.1, -0.05) is 62.8 Å². The number of sulfonamides is 1. The lowest BCUT2D eigenvalue weighted by atomic mass is 9.92. The van der Waals surface area contributed by atoms with Crippen molar-refractivity contribution >= 4 is 10.0 Å². The van der Waals surface area contributed by atoms with Crippen LogP contribution in [0.1, 0.15) is 64.1 Å². The van der Waals surface area contributed by atoms with Gasteiger partial charge in [-0.15, -0.1) is 0 Å². The molecule has 0 saturated heterocycles. The molecule has 3 rings (SSSR count). The molecule has 0 unspecified atom stereocenters. The van der Waals surface area contributed by atoms with E-state index in [2.05, 4.69) is 15.9 Å². The smallest absolute Gasteiger partial charge is 0.244 e. The Hall–Kier alpha value is -1.92. The molecular formula is C22H31N3O2S. The maximum Gasteiger partial charge on any atom is 0.244 e. The van der Waals surface area contributed by atoms with Crippen molar-refractivity contribution < 1.29 is 8.42 Å². The number of allylic oxidation sites excluding steroid dienone is 1. The van der Waals surface area contributed by atoms with Gasteiger partial charge in [0.1, 0.15) is 4.90 Å². The Labute approximate surface area is 168 Å². The summed E-state index contributed by atoms with van der Waals surface area (Å²) in [7, 11) is -3.61. The van der Waals surface area contributed by atoms with Gasteiger partial charge in [-0.3, -0.25) is 4.68 Å². The fourth-order valence-electron chi connectivity index (χ4n) is 3.53. The number of rotatable bonds is 7. The Morgan fingerprint density at radius 2 is 1.89 bits per heavy atom. The van der Waals surface area contributed by atoms with Crippen molar-refractivity contribution in [2.75, 3.05) is 6.54 Å². The SMILES string of the molecule is CC(C)(C)c1nn(Cc2ccccc2)cc1S(=O)(=O)NCCC1=CCCCC1. The normalized spacial score (nSPS) is 15.5. The number of nitrogens with zero attached hydrogens (tertiary/aromatic N) is 2. The third-order valence-corrected chi connectivity index (χ3v) is 6.50. The van der Waals surface area contributed by atoms with E-state index in [0.717, 1.165) is 24.8 Å². The lowest BCUT2D eigenvalue weighted by Crippen LogP contribution is -2.27. The van der Waals surface area contributed by atoms with E-state index in [-0.39, 0.29) is 10.3 Å². The van der Waals surface area contributed by atoms with Gasteiger partial charge in [-0.05, 0) is 37.7 Å². The first kappa shape index (κ1) is 20.8. The maximum absolute atomic E-state index is 13.0. The third-order valence-electron chi connectivity index (χ3n) is 5.04. The van der Waals surface area contributed by atoms with Crippen molar-refractivity contribution in [3.63, 3.8) is 0 Å². The van der Waals surface area contributed by atoms with Crippen LogP contribution in [0, 0.1) is 0 Å². The predicted molar refractivity (Wildman–Crippen MR) is 113 cm³/mol. The zero-order chi connectivity index (χ0) is 20.2. The second-order valence-electron chi connectivity index (χ2n) is 8.53. The molecule has 152 valence electrons. The van der Waals surface area contributed by atoms with Crippen LogP contribution in [0.15, 0.2) is 53.1 Å². The summed E-state index contributed by atoms with van der Waals surface area (Å²) in [5, 5.41) is 4.63. The molecule has 0 spiro atoms. The van der Waals surface area contributed by atoms with E-state index in [9.17, 15) is 8.42 Å². The average Bonchev–Trinajstić information content (AvgIpc) is 3.09. The minimum absolute atomic E-state index is 0.286. The highest BCUT2D eigenvalue weighted by Crippen LogP contribution is 2.28. The first-order chi connectivity index (χ1) is 13.3. The lowest BCUT2D eigenvalue weighted by Gasteiger charge is -2.18. The van der Waals surface area contributed by atoms with Crippen molar-refractivity contribution in [2.24, 2.45) is 0 Å². The number of aromatic nitrogens is 2. The highest BCUT2D eigenvalue weighted by atomic mass is 32.2. The zero-order valence-corrected chi connectivity index (χ0v) is 17.9. The molecule has 1 N–H and O–H groups in total. The Morgan fingerprint density at radius 3 is 2.54 bits per heavy atom.